The Morgan fingerprint density at radius 3 is 2.88 bits per heavy atom. The van der Waals surface area contributed by atoms with Crippen LogP contribution in [0.4, 0.5) is 0 Å². The molecule has 1 amide bonds. The molecule has 0 radical (unpaired) electrons. The molecule has 1 aromatic rings. The lowest BCUT2D eigenvalue weighted by Crippen LogP contribution is -2.34. The average Bonchev–Trinajstić information content (AvgIpc) is 2.28. The van der Waals surface area contributed by atoms with Crippen LogP contribution in [0.2, 0.25) is 5.02 Å². The summed E-state index contributed by atoms with van der Waals surface area (Å²) in [7, 11) is 1.79. The maximum atomic E-state index is 11.5. The number of aliphatic hydroxyl groups is 1. The van der Waals surface area contributed by atoms with Gasteiger partial charge in [-0.1, -0.05) is 23.7 Å². The molecule has 3 N–H and O–H groups in total. The maximum absolute atomic E-state index is 11.5. The lowest BCUT2D eigenvalue weighted by molar-refractivity contribution is -0.129. The minimum absolute atomic E-state index is 0.419. The minimum atomic E-state index is -1.17. The van der Waals surface area contributed by atoms with E-state index in [-0.39, 0.29) is 0 Å². The molecule has 0 aliphatic heterocycles. The molecular weight excluding hydrogens is 228 g/mol. The zero-order valence-corrected chi connectivity index (χ0v) is 9.79. The van der Waals surface area contributed by atoms with Crippen molar-refractivity contribution in [3.8, 4) is 0 Å². The molecule has 5 heteroatoms. The molecule has 0 saturated carbocycles. The summed E-state index contributed by atoms with van der Waals surface area (Å²) in [5.74, 6) is -0.419. The third-order valence-corrected chi connectivity index (χ3v) is 2.32. The molecule has 16 heavy (non-hydrogen) atoms. The van der Waals surface area contributed by atoms with Crippen LogP contribution in [0.3, 0.4) is 0 Å². The number of benzene rings is 1. The number of hydrogen-bond donors (Lipinski definition) is 3. The van der Waals surface area contributed by atoms with Crippen LogP contribution in [0.5, 0.6) is 0 Å². The van der Waals surface area contributed by atoms with Gasteiger partial charge in [-0.3, -0.25) is 4.79 Å². The molecule has 0 aromatic heterocycles. The van der Waals surface area contributed by atoms with Crippen LogP contribution in [0, 0.1) is 0 Å². The van der Waals surface area contributed by atoms with Gasteiger partial charge in [0, 0.05) is 18.1 Å². The molecular formula is C11H15ClN2O2. The number of aliphatic hydroxyl groups excluding tert-OH is 1. The Morgan fingerprint density at radius 2 is 2.25 bits per heavy atom. The first-order valence-corrected chi connectivity index (χ1v) is 5.39. The predicted octanol–water partition coefficient (Wildman–Crippen LogP) is 0.709. The van der Waals surface area contributed by atoms with E-state index < -0.39 is 12.0 Å². The van der Waals surface area contributed by atoms with Gasteiger partial charge in [-0.15, -0.1) is 0 Å². The van der Waals surface area contributed by atoms with Crippen molar-refractivity contribution in [1.29, 1.82) is 0 Å². The highest BCUT2D eigenvalue weighted by molar-refractivity contribution is 6.30. The molecule has 0 fully saturated rings. The van der Waals surface area contributed by atoms with Crippen LogP contribution in [0.1, 0.15) is 11.7 Å². The highest BCUT2D eigenvalue weighted by Gasteiger charge is 2.16. The number of carbonyl (C=O) groups is 1. The fourth-order valence-corrected chi connectivity index (χ4v) is 1.43. The highest BCUT2D eigenvalue weighted by Crippen LogP contribution is 2.17. The zero-order chi connectivity index (χ0) is 12.0. The summed E-state index contributed by atoms with van der Waals surface area (Å²) >= 11 is 5.77. The van der Waals surface area contributed by atoms with Crippen molar-refractivity contribution < 1.29 is 9.90 Å². The van der Waals surface area contributed by atoms with E-state index in [9.17, 15) is 9.90 Å². The van der Waals surface area contributed by atoms with Gasteiger partial charge >= 0.3 is 0 Å². The van der Waals surface area contributed by atoms with Crippen molar-refractivity contribution in [2.24, 2.45) is 0 Å². The second-order valence-electron chi connectivity index (χ2n) is 3.35. The van der Waals surface area contributed by atoms with Gasteiger partial charge in [-0.2, -0.15) is 0 Å². The van der Waals surface area contributed by atoms with E-state index in [0.29, 0.717) is 23.7 Å². The van der Waals surface area contributed by atoms with E-state index in [0.717, 1.165) is 0 Å². The molecule has 0 heterocycles. The Kier molecular flexibility index (Phi) is 5.25. The smallest absolute Gasteiger partial charge is 0.253 e. The molecule has 1 aromatic carbocycles. The third kappa shape index (κ3) is 3.81. The summed E-state index contributed by atoms with van der Waals surface area (Å²) in [5, 5.41) is 15.7. The Bertz CT molecular complexity index is 358. The third-order valence-electron chi connectivity index (χ3n) is 2.09. The SMILES string of the molecule is CNCCNC(=O)C(O)c1cccc(Cl)c1. The van der Waals surface area contributed by atoms with Crippen molar-refractivity contribution in [1.82, 2.24) is 10.6 Å². The van der Waals surface area contributed by atoms with Crippen molar-refractivity contribution in [2.75, 3.05) is 20.1 Å². The highest BCUT2D eigenvalue weighted by atomic mass is 35.5. The fourth-order valence-electron chi connectivity index (χ4n) is 1.24. The van der Waals surface area contributed by atoms with Crippen molar-refractivity contribution in [3.63, 3.8) is 0 Å². The average molecular weight is 243 g/mol. The van der Waals surface area contributed by atoms with Crippen LogP contribution in [-0.2, 0) is 4.79 Å². The predicted molar refractivity (Wildman–Crippen MR) is 63.3 cm³/mol. The van der Waals surface area contributed by atoms with Crippen LogP contribution in [0.15, 0.2) is 24.3 Å². The first-order valence-electron chi connectivity index (χ1n) is 5.01. The standard InChI is InChI=1S/C11H15ClN2O2/c1-13-5-6-14-11(16)10(15)8-3-2-4-9(12)7-8/h2-4,7,10,13,15H,5-6H2,1H3,(H,14,16). The van der Waals surface area contributed by atoms with E-state index in [1.54, 1.807) is 31.3 Å². The molecule has 0 aliphatic rings. The van der Waals surface area contributed by atoms with E-state index >= 15 is 0 Å². The van der Waals surface area contributed by atoms with Gasteiger partial charge in [0.05, 0.1) is 0 Å². The summed E-state index contributed by atoms with van der Waals surface area (Å²) in [6.45, 7) is 1.14. The fraction of sp³-hybridized carbons (Fsp3) is 0.364. The minimum Gasteiger partial charge on any atom is -0.378 e. The van der Waals surface area contributed by atoms with E-state index in [1.807, 2.05) is 0 Å². The van der Waals surface area contributed by atoms with Crippen LogP contribution < -0.4 is 10.6 Å². The van der Waals surface area contributed by atoms with E-state index in [1.165, 1.54) is 0 Å². The molecule has 88 valence electrons. The number of halogens is 1. The molecule has 0 aliphatic carbocycles. The Balaban J connectivity index is 2.56. The first-order chi connectivity index (χ1) is 7.65. The van der Waals surface area contributed by atoms with Crippen LogP contribution in [0.25, 0.3) is 0 Å². The number of rotatable bonds is 5. The molecule has 4 nitrogen and oxygen atoms in total. The second-order valence-corrected chi connectivity index (χ2v) is 3.79. The Labute approximate surface area is 99.6 Å². The zero-order valence-electron chi connectivity index (χ0n) is 9.03. The summed E-state index contributed by atoms with van der Waals surface area (Å²) < 4.78 is 0. The lowest BCUT2D eigenvalue weighted by atomic mass is 10.1. The van der Waals surface area contributed by atoms with Gasteiger partial charge in [0.15, 0.2) is 6.10 Å². The van der Waals surface area contributed by atoms with Gasteiger partial charge < -0.3 is 15.7 Å². The largest absolute Gasteiger partial charge is 0.378 e. The molecule has 1 rings (SSSR count). The maximum Gasteiger partial charge on any atom is 0.253 e. The van der Waals surface area contributed by atoms with E-state index in [4.69, 9.17) is 11.6 Å². The van der Waals surface area contributed by atoms with Crippen molar-refractivity contribution >= 4 is 17.5 Å². The van der Waals surface area contributed by atoms with Crippen LogP contribution in [-0.4, -0.2) is 31.2 Å². The summed E-state index contributed by atoms with van der Waals surface area (Å²) in [5.41, 5.74) is 0.495. The second kappa shape index (κ2) is 6.48. The first kappa shape index (κ1) is 13.0. The van der Waals surface area contributed by atoms with Gasteiger partial charge in [0.25, 0.3) is 5.91 Å². The normalized spacial score (nSPS) is 12.2. The number of amides is 1. The molecule has 1 unspecified atom stereocenters. The van der Waals surface area contributed by atoms with E-state index in [2.05, 4.69) is 10.6 Å². The lowest BCUT2D eigenvalue weighted by Gasteiger charge is -2.11. The van der Waals surface area contributed by atoms with Gasteiger partial charge in [0.2, 0.25) is 0 Å². The summed E-state index contributed by atoms with van der Waals surface area (Å²) in [6, 6.07) is 6.62. The molecule has 0 saturated heterocycles. The van der Waals surface area contributed by atoms with Gasteiger partial charge in [-0.05, 0) is 24.7 Å². The number of nitrogens with one attached hydrogen (secondary N) is 2. The molecule has 0 bridgehead atoms. The number of hydrogen-bond acceptors (Lipinski definition) is 3. The molecule has 0 spiro atoms. The summed E-state index contributed by atoms with van der Waals surface area (Å²) in [4.78, 5) is 11.5. The van der Waals surface area contributed by atoms with Gasteiger partial charge in [-0.25, -0.2) is 0 Å². The summed E-state index contributed by atoms with van der Waals surface area (Å²) in [6.07, 6.45) is -1.17. The topological polar surface area (TPSA) is 61.4 Å². The van der Waals surface area contributed by atoms with Crippen LogP contribution >= 0.6 is 11.6 Å². The molecule has 1 atom stereocenters. The monoisotopic (exact) mass is 242 g/mol. The number of carbonyl (C=O) groups excluding carboxylic acids is 1. The number of likely N-dealkylation sites (N-methyl/N-ethyl adjacent to an activating group) is 1. The van der Waals surface area contributed by atoms with Crippen molar-refractivity contribution in [2.45, 2.75) is 6.10 Å². The quantitative estimate of drug-likeness (QED) is 0.667. The van der Waals surface area contributed by atoms with Crippen molar-refractivity contribution in [3.05, 3.63) is 34.9 Å². The Morgan fingerprint density at radius 1 is 1.50 bits per heavy atom. The Hall–Kier alpha value is -1.10. The van der Waals surface area contributed by atoms with Gasteiger partial charge in [0.1, 0.15) is 0 Å².